The number of carbonyl (C=O) groups excluding carboxylic acids is 12. The first-order valence-corrected chi connectivity index (χ1v) is 19.9. The van der Waals surface area contributed by atoms with E-state index in [2.05, 4.69) is 37.2 Å². The maximum Gasteiger partial charge on any atom is 0.247 e. The van der Waals surface area contributed by atoms with Crippen molar-refractivity contribution >= 4 is 71.4 Å². The molecular formula is C38H59N13O13. The molecule has 0 radical (unpaired) electrons. The summed E-state index contributed by atoms with van der Waals surface area (Å²) in [5.74, 6) is -11.0. The highest BCUT2D eigenvalue weighted by atomic mass is 16.3. The summed E-state index contributed by atoms with van der Waals surface area (Å²) >= 11 is 0. The zero-order chi connectivity index (χ0) is 48.7. The first kappa shape index (κ1) is 54.6. The lowest BCUT2D eigenvalue weighted by Gasteiger charge is -2.29. The van der Waals surface area contributed by atoms with Crippen LogP contribution in [0.1, 0.15) is 57.9 Å². The quantitative estimate of drug-likeness (QED) is 0.0319. The van der Waals surface area contributed by atoms with Crippen molar-refractivity contribution < 1.29 is 62.6 Å². The number of rotatable bonds is 30. The van der Waals surface area contributed by atoms with Gasteiger partial charge in [-0.3, -0.25) is 57.5 Å². The number of likely N-dealkylation sites (N-methyl/N-ethyl adjacent to an activating group) is 1. The monoisotopic (exact) mass is 905 g/mol. The number of nitrogens with zero attached hydrogens (tertiary/aromatic N) is 1. The van der Waals surface area contributed by atoms with Gasteiger partial charge in [0.25, 0.3) is 0 Å². The number of benzene rings is 1. The molecular weight excluding hydrogens is 846 g/mol. The van der Waals surface area contributed by atoms with Crippen molar-refractivity contribution in [3.05, 3.63) is 29.8 Å². The maximum atomic E-state index is 13.7. The first-order valence-electron chi connectivity index (χ1n) is 19.9. The van der Waals surface area contributed by atoms with E-state index in [0.29, 0.717) is 12.0 Å². The van der Waals surface area contributed by atoms with Crippen molar-refractivity contribution in [3.8, 4) is 5.75 Å². The molecule has 0 heterocycles. The summed E-state index contributed by atoms with van der Waals surface area (Å²) < 4.78 is 0. The Hall–Kier alpha value is -7.38. The van der Waals surface area contributed by atoms with Crippen LogP contribution >= 0.6 is 0 Å². The Morgan fingerprint density at radius 3 is 1.73 bits per heavy atom. The third-order valence-corrected chi connectivity index (χ3v) is 9.42. The molecule has 18 N–H and O–H groups in total. The van der Waals surface area contributed by atoms with Gasteiger partial charge < -0.3 is 75.9 Å². The van der Waals surface area contributed by atoms with Crippen LogP contribution in [0.4, 0.5) is 0 Å². The molecule has 1 aromatic carbocycles. The van der Waals surface area contributed by atoms with Crippen molar-refractivity contribution in [1.29, 1.82) is 0 Å². The van der Waals surface area contributed by atoms with Gasteiger partial charge in [0.1, 0.15) is 36.0 Å². The average molecular weight is 906 g/mol. The van der Waals surface area contributed by atoms with Crippen LogP contribution in [-0.2, 0) is 64.0 Å². The number of nitrogens with two attached hydrogens (primary N) is 5. The Kier molecular flexibility index (Phi) is 23.5. The van der Waals surface area contributed by atoms with Gasteiger partial charge >= 0.3 is 0 Å². The van der Waals surface area contributed by atoms with Crippen LogP contribution in [0.2, 0.25) is 0 Å². The SMILES string of the molecule is CC[C@H](C)[C@H](NC(=O)[C@@H](N)Cc1ccc(O)cc1)C(=O)N[C@@H](CCC(N)=O)C(=O)N[C@@H](CC(N)=O)C(=O)N[C@@H](CNC=O)C(=O)N(C)CC(=O)N[C@@H](CCC(N)=O)C(=O)NCC(N)=O. The number of phenols is 1. The van der Waals surface area contributed by atoms with Gasteiger partial charge in [-0.2, -0.15) is 0 Å². The number of hydrogen-bond donors (Lipinski definition) is 13. The van der Waals surface area contributed by atoms with Crippen LogP contribution in [0.3, 0.4) is 0 Å². The molecule has 354 valence electrons. The van der Waals surface area contributed by atoms with Crippen molar-refractivity contribution in [2.75, 3.05) is 26.7 Å². The van der Waals surface area contributed by atoms with Crippen molar-refractivity contribution in [2.24, 2.45) is 34.6 Å². The van der Waals surface area contributed by atoms with Crippen LogP contribution in [0, 0.1) is 5.92 Å². The Balaban J connectivity index is 3.27. The summed E-state index contributed by atoms with van der Waals surface area (Å²) in [6.07, 6.45) is -1.82. The molecule has 1 aromatic rings. The fourth-order valence-electron chi connectivity index (χ4n) is 5.73. The molecule has 0 saturated carbocycles. The minimum atomic E-state index is -1.84. The van der Waals surface area contributed by atoms with Crippen LogP contribution in [0.15, 0.2) is 24.3 Å². The smallest absolute Gasteiger partial charge is 0.247 e. The lowest BCUT2D eigenvalue weighted by Crippen LogP contribution is -2.61. The predicted molar refractivity (Wildman–Crippen MR) is 223 cm³/mol. The molecule has 0 aliphatic heterocycles. The molecule has 0 bridgehead atoms. The normalized spacial score (nSPS) is 13.9. The number of carbonyl (C=O) groups is 12. The molecule has 12 amide bonds. The van der Waals surface area contributed by atoms with Crippen molar-refractivity contribution in [2.45, 2.75) is 95.0 Å². The van der Waals surface area contributed by atoms with Gasteiger partial charge in [0.2, 0.25) is 71.4 Å². The molecule has 0 unspecified atom stereocenters. The second-order valence-corrected chi connectivity index (χ2v) is 14.7. The van der Waals surface area contributed by atoms with Crippen LogP contribution in [0.25, 0.3) is 0 Å². The highest BCUT2D eigenvalue weighted by Crippen LogP contribution is 2.13. The van der Waals surface area contributed by atoms with E-state index < -0.39 is 146 Å². The average Bonchev–Trinajstić information content (AvgIpc) is 3.22. The van der Waals surface area contributed by atoms with Crippen LogP contribution in [0.5, 0.6) is 5.75 Å². The summed E-state index contributed by atoms with van der Waals surface area (Å²) in [4.78, 5) is 151. The van der Waals surface area contributed by atoms with E-state index in [1.54, 1.807) is 26.0 Å². The summed E-state index contributed by atoms with van der Waals surface area (Å²) in [6.45, 7) is 1.41. The summed E-state index contributed by atoms with van der Waals surface area (Å²) in [5.41, 5.74) is 27.6. The van der Waals surface area contributed by atoms with Crippen LogP contribution in [-0.4, -0.2) is 144 Å². The van der Waals surface area contributed by atoms with E-state index in [4.69, 9.17) is 28.7 Å². The minimum absolute atomic E-state index is 0.00194. The van der Waals surface area contributed by atoms with Gasteiger partial charge in [-0.1, -0.05) is 32.4 Å². The maximum absolute atomic E-state index is 13.7. The Morgan fingerprint density at radius 2 is 1.22 bits per heavy atom. The van der Waals surface area contributed by atoms with Crippen LogP contribution < -0.4 is 65.9 Å². The highest BCUT2D eigenvalue weighted by Gasteiger charge is 2.35. The van der Waals surface area contributed by atoms with E-state index in [0.717, 1.165) is 11.9 Å². The zero-order valence-corrected chi connectivity index (χ0v) is 35.7. The number of primary amides is 4. The van der Waals surface area contributed by atoms with E-state index in [1.165, 1.54) is 12.1 Å². The zero-order valence-electron chi connectivity index (χ0n) is 35.7. The molecule has 0 aromatic heterocycles. The second-order valence-electron chi connectivity index (χ2n) is 14.7. The topological polar surface area (TPSA) is 443 Å². The van der Waals surface area contributed by atoms with Gasteiger partial charge in [-0.15, -0.1) is 0 Å². The standard InChI is InChI=1S/C38H59N13O13/c1-4-19(2)32(50-33(59)22(39)13-20-5-7-21(53)8-6-20)37(63)47-24(10-12-28(41)55)35(61)48-25(14-29(42)56)36(62)49-26(15-44-18-52)38(64)51(3)17-31(58)46-23(9-11-27(40)54)34(60)45-16-30(43)57/h5-8,18-19,22-26,32,53H,4,9-17,39H2,1-3H3,(H2,40,54)(H2,41,55)(H2,42,56)(H2,43,57)(H,44,52)(H,45,60)(H,46,58)(H,47,63)(H,48,61)(H,49,62)(H,50,59)/t19-,22-,23-,24-,25-,26-,32-/m0/s1. The third-order valence-electron chi connectivity index (χ3n) is 9.42. The molecule has 7 atom stereocenters. The second kappa shape index (κ2) is 27.5. The van der Waals surface area contributed by atoms with Gasteiger partial charge in [0, 0.05) is 26.4 Å². The summed E-state index contributed by atoms with van der Waals surface area (Å²) in [6, 6.07) is -2.99. The molecule has 0 saturated heterocycles. The number of amides is 12. The van der Waals surface area contributed by atoms with E-state index >= 15 is 0 Å². The molecule has 0 fully saturated rings. The minimum Gasteiger partial charge on any atom is -0.508 e. The number of phenolic OH excluding ortho intramolecular Hbond substituents is 1. The van der Waals surface area contributed by atoms with Gasteiger partial charge in [-0.05, 0) is 42.9 Å². The predicted octanol–water partition coefficient (Wildman–Crippen LogP) is -7.06. The Bertz CT molecular complexity index is 1860. The fourth-order valence-corrected chi connectivity index (χ4v) is 5.73. The molecule has 0 aliphatic rings. The molecule has 26 heteroatoms. The number of hydrogen-bond acceptors (Lipinski definition) is 14. The molecule has 26 nitrogen and oxygen atoms in total. The van der Waals surface area contributed by atoms with Gasteiger partial charge in [-0.25, -0.2) is 0 Å². The Labute approximate surface area is 367 Å². The summed E-state index contributed by atoms with van der Waals surface area (Å²) in [7, 11) is 1.11. The highest BCUT2D eigenvalue weighted by molar-refractivity contribution is 5.98. The van der Waals surface area contributed by atoms with Crippen molar-refractivity contribution in [3.63, 3.8) is 0 Å². The number of nitrogens with one attached hydrogen (secondary N) is 7. The number of aromatic hydroxyl groups is 1. The molecule has 0 spiro atoms. The largest absolute Gasteiger partial charge is 0.508 e. The lowest BCUT2D eigenvalue weighted by molar-refractivity contribution is -0.140. The van der Waals surface area contributed by atoms with E-state index in [9.17, 15) is 62.6 Å². The summed E-state index contributed by atoms with van der Waals surface area (Å²) in [5, 5.41) is 25.7. The lowest BCUT2D eigenvalue weighted by atomic mass is 9.96. The van der Waals surface area contributed by atoms with Gasteiger partial charge in [0.15, 0.2) is 0 Å². The first-order chi connectivity index (χ1) is 30.0. The molecule has 1 rings (SSSR count). The van der Waals surface area contributed by atoms with Crippen molar-refractivity contribution in [1.82, 2.24) is 42.1 Å². The molecule has 0 aliphatic carbocycles. The Morgan fingerprint density at radius 1 is 0.688 bits per heavy atom. The molecule has 64 heavy (non-hydrogen) atoms. The third kappa shape index (κ3) is 20.5. The van der Waals surface area contributed by atoms with Gasteiger partial charge in [0.05, 0.1) is 25.6 Å². The fraction of sp³-hybridized carbons (Fsp3) is 0.526. The van der Waals surface area contributed by atoms with E-state index in [1.807, 2.05) is 0 Å². The van der Waals surface area contributed by atoms with E-state index in [-0.39, 0.29) is 31.4 Å².